The Morgan fingerprint density at radius 1 is 1.09 bits per heavy atom. The zero-order valence-corrected chi connectivity index (χ0v) is 19.3. The molecule has 0 spiro atoms. The van der Waals surface area contributed by atoms with Gasteiger partial charge in [-0.3, -0.25) is 4.79 Å². The molecule has 4 atom stereocenters. The van der Waals surface area contributed by atoms with Gasteiger partial charge in [0.15, 0.2) is 0 Å². The van der Waals surface area contributed by atoms with Crippen molar-refractivity contribution < 1.29 is 24.2 Å². The number of urea groups is 1. The molecular weight excluding hydrogens is 457 g/mol. The standard InChI is InChI=1S/C22H29Cl2N3O5/c23-14-5-15(24)7-16(6-14)26-22(30)27-10-17(28)11-31-12-20-19(27)4-3-18(32-20)8-21(29)25-9-13-1-2-13/h5-7,13,17-20,28H,1-4,8-12H2,(H,25,29)(H,26,30)/t17-,18+,19-,20+/m0/s1. The summed E-state index contributed by atoms with van der Waals surface area (Å²) in [6.07, 6.45) is 2.54. The highest BCUT2D eigenvalue weighted by Crippen LogP contribution is 2.30. The van der Waals surface area contributed by atoms with Gasteiger partial charge in [-0.05, 0) is 49.8 Å². The third kappa shape index (κ3) is 6.48. The first-order valence-corrected chi connectivity index (χ1v) is 11.8. The highest BCUT2D eigenvalue weighted by molar-refractivity contribution is 6.35. The lowest BCUT2D eigenvalue weighted by atomic mass is 9.95. The van der Waals surface area contributed by atoms with Crippen LogP contribution >= 0.6 is 23.2 Å². The van der Waals surface area contributed by atoms with Crippen LogP contribution in [0.2, 0.25) is 10.0 Å². The molecule has 4 rings (SSSR count). The van der Waals surface area contributed by atoms with Gasteiger partial charge in [-0.25, -0.2) is 4.79 Å². The lowest BCUT2D eigenvalue weighted by Gasteiger charge is -2.44. The Balaban J connectivity index is 1.40. The first kappa shape index (κ1) is 23.6. The largest absolute Gasteiger partial charge is 0.389 e. The molecule has 1 aromatic rings. The highest BCUT2D eigenvalue weighted by atomic mass is 35.5. The van der Waals surface area contributed by atoms with Crippen molar-refractivity contribution in [3.05, 3.63) is 28.2 Å². The summed E-state index contributed by atoms with van der Waals surface area (Å²) in [5.74, 6) is 0.623. The SMILES string of the molecule is O=C(C[C@H]1CC[C@H]2[C@@H](COC[C@@H](O)CN2C(=O)Nc2cc(Cl)cc(Cl)c2)O1)NCC1CC1. The molecule has 1 aromatic carbocycles. The second-order valence-electron chi connectivity index (χ2n) is 8.82. The van der Waals surface area contributed by atoms with Gasteiger partial charge in [0, 0.05) is 22.3 Å². The number of rotatable bonds is 5. The van der Waals surface area contributed by atoms with Crippen LogP contribution in [-0.2, 0) is 14.3 Å². The third-order valence-electron chi connectivity index (χ3n) is 6.05. The minimum atomic E-state index is -0.810. The molecule has 1 aliphatic carbocycles. The molecule has 2 aliphatic heterocycles. The molecule has 0 radical (unpaired) electrons. The number of amides is 3. The minimum absolute atomic E-state index is 0.00466. The molecule has 3 amide bonds. The van der Waals surface area contributed by atoms with E-state index in [1.807, 2.05) is 0 Å². The number of benzene rings is 1. The molecule has 3 N–H and O–H groups in total. The van der Waals surface area contributed by atoms with E-state index in [2.05, 4.69) is 10.6 Å². The molecule has 2 heterocycles. The maximum absolute atomic E-state index is 13.1. The van der Waals surface area contributed by atoms with Crippen molar-refractivity contribution in [3.63, 3.8) is 0 Å². The van der Waals surface area contributed by atoms with E-state index in [0.29, 0.717) is 40.9 Å². The Morgan fingerprint density at radius 3 is 2.56 bits per heavy atom. The summed E-state index contributed by atoms with van der Waals surface area (Å²) in [5, 5.41) is 16.9. The Bertz CT molecular complexity index is 818. The molecule has 176 valence electrons. The number of β-amino-alcohol motifs (C(OH)–C–C–N with tert-alkyl or cyclic N) is 1. The number of hydrogen-bond acceptors (Lipinski definition) is 5. The van der Waals surface area contributed by atoms with Crippen LogP contribution in [0.25, 0.3) is 0 Å². The predicted molar refractivity (Wildman–Crippen MR) is 121 cm³/mol. The molecule has 3 fully saturated rings. The van der Waals surface area contributed by atoms with E-state index in [0.717, 1.165) is 6.54 Å². The van der Waals surface area contributed by atoms with E-state index in [-0.39, 0.29) is 49.9 Å². The Labute approximate surface area is 197 Å². The van der Waals surface area contributed by atoms with Gasteiger partial charge in [0.25, 0.3) is 0 Å². The van der Waals surface area contributed by atoms with Gasteiger partial charge in [-0.15, -0.1) is 0 Å². The maximum atomic E-state index is 13.1. The number of fused-ring (bicyclic) bond motifs is 1. The summed E-state index contributed by atoms with van der Waals surface area (Å²) in [6.45, 7) is 1.19. The fraction of sp³-hybridized carbons (Fsp3) is 0.636. The lowest BCUT2D eigenvalue weighted by molar-refractivity contribution is -0.149. The van der Waals surface area contributed by atoms with Crippen molar-refractivity contribution in [3.8, 4) is 0 Å². The average Bonchev–Trinajstić information content (AvgIpc) is 3.53. The molecule has 2 saturated heterocycles. The maximum Gasteiger partial charge on any atom is 0.322 e. The van der Waals surface area contributed by atoms with Gasteiger partial charge in [0.2, 0.25) is 5.91 Å². The number of carbonyl (C=O) groups excluding carboxylic acids is 2. The molecule has 3 aliphatic rings. The van der Waals surface area contributed by atoms with Crippen molar-refractivity contribution in [2.24, 2.45) is 5.92 Å². The third-order valence-corrected chi connectivity index (χ3v) is 6.49. The molecular formula is C22H29Cl2N3O5. The van der Waals surface area contributed by atoms with Crippen LogP contribution in [0.3, 0.4) is 0 Å². The van der Waals surface area contributed by atoms with Gasteiger partial charge < -0.3 is 30.1 Å². The fourth-order valence-corrected chi connectivity index (χ4v) is 4.78. The molecule has 0 bridgehead atoms. The van der Waals surface area contributed by atoms with Crippen LogP contribution in [0.15, 0.2) is 18.2 Å². The smallest absolute Gasteiger partial charge is 0.322 e. The molecule has 0 aromatic heterocycles. The molecule has 8 nitrogen and oxygen atoms in total. The quantitative estimate of drug-likeness (QED) is 0.594. The van der Waals surface area contributed by atoms with Crippen molar-refractivity contribution in [1.82, 2.24) is 10.2 Å². The van der Waals surface area contributed by atoms with Gasteiger partial charge in [0.1, 0.15) is 6.10 Å². The van der Waals surface area contributed by atoms with Gasteiger partial charge in [-0.1, -0.05) is 23.2 Å². The van der Waals surface area contributed by atoms with Gasteiger partial charge in [0.05, 0.1) is 44.4 Å². The molecule has 10 heteroatoms. The van der Waals surface area contributed by atoms with Gasteiger partial charge >= 0.3 is 6.03 Å². The second-order valence-corrected chi connectivity index (χ2v) is 9.70. The monoisotopic (exact) mass is 485 g/mol. The van der Waals surface area contributed by atoms with E-state index >= 15 is 0 Å². The Kier molecular flexibility index (Phi) is 7.78. The first-order chi connectivity index (χ1) is 15.4. The van der Waals surface area contributed by atoms with Crippen LogP contribution in [0.1, 0.15) is 32.1 Å². The fourth-order valence-electron chi connectivity index (χ4n) is 4.25. The predicted octanol–water partition coefficient (Wildman–Crippen LogP) is 3.05. The van der Waals surface area contributed by atoms with Crippen molar-refractivity contribution in [2.45, 2.75) is 56.5 Å². The topological polar surface area (TPSA) is 100 Å². The summed E-state index contributed by atoms with van der Waals surface area (Å²) < 4.78 is 11.8. The lowest BCUT2D eigenvalue weighted by Crippen LogP contribution is -2.58. The zero-order chi connectivity index (χ0) is 22.7. The number of hydrogen-bond donors (Lipinski definition) is 3. The summed E-state index contributed by atoms with van der Waals surface area (Å²) >= 11 is 12.1. The Morgan fingerprint density at radius 2 is 1.84 bits per heavy atom. The van der Waals surface area contributed by atoms with Crippen molar-refractivity contribution in [1.29, 1.82) is 0 Å². The molecule has 0 unspecified atom stereocenters. The van der Waals surface area contributed by atoms with Crippen LogP contribution in [-0.4, -0.2) is 72.6 Å². The number of anilines is 1. The normalized spacial score (nSPS) is 28.3. The van der Waals surface area contributed by atoms with Crippen LogP contribution in [0, 0.1) is 5.92 Å². The number of aliphatic hydroxyl groups is 1. The van der Waals surface area contributed by atoms with E-state index < -0.39 is 6.10 Å². The van der Waals surface area contributed by atoms with Crippen molar-refractivity contribution >= 4 is 40.8 Å². The first-order valence-electron chi connectivity index (χ1n) is 11.1. The Hall–Kier alpha value is -1.58. The number of nitrogens with zero attached hydrogens (tertiary/aromatic N) is 1. The zero-order valence-electron chi connectivity index (χ0n) is 17.8. The van der Waals surface area contributed by atoms with Crippen LogP contribution in [0.5, 0.6) is 0 Å². The van der Waals surface area contributed by atoms with E-state index in [1.165, 1.54) is 12.8 Å². The van der Waals surface area contributed by atoms with Crippen LogP contribution < -0.4 is 10.6 Å². The average molecular weight is 486 g/mol. The van der Waals surface area contributed by atoms with E-state index in [4.69, 9.17) is 32.7 Å². The minimum Gasteiger partial charge on any atom is -0.389 e. The molecule has 32 heavy (non-hydrogen) atoms. The summed E-state index contributed by atoms with van der Waals surface area (Å²) in [4.78, 5) is 27.0. The van der Waals surface area contributed by atoms with Crippen molar-refractivity contribution in [2.75, 3.05) is 31.6 Å². The van der Waals surface area contributed by atoms with E-state index in [1.54, 1.807) is 23.1 Å². The van der Waals surface area contributed by atoms with E-state index in [9.17, 15) is 14.7 Å². The van der Waals surface area contributed by atoms with Crippen LogP contribution in [0.4, 0.5) is 10.5 Å². The highest BCUT2D eigenvalue weighted by Gasteiger charge is 2.40. The molecule has 1 saturated carbocycles. The number of halogens is 2. The second kappa shape index (κ2) is 10.6. The number of nitrogens with one attached hydrogen (secondary N) is 2. The number of ether oxygens (including phenoxy) is 2. The number of aliphatic hydroxyl groups excluding tert-OH is 1. The summed E-state index contributed by atoms with van der Waals surface area (Å²) in [7, 11) is 0. The summed E-state index contributed by atoms with van der Waals surface area (Å²) in [6, 6.07) is 4.15. The van der Waals surface area contributed by atoms with Gasteiger partial charge in [-0.2, -0.15) is 0 Å². The summed E-state index contributed by atoms with van der Waals surface area (Å²) in [5.41, 5.74) is 0.471. The number of carbonyl (C=O) groups is 2.